The number of aromatic amines is 1. The number of hydrogen-bond acceptors (Lipinski definition) is 4. The fourth-order valence-electron chi connectivity index (χ4n) is 3.69. The summed E-state index contributed by atoms with van der Waals surface area (Å²) in [6.45, 7) is 2.61. The largest absolute Gasteiger partial charge is 0.506 e. The molecule has 0 bridgehead atoms. The molecule has 0 radical (unpaired) electrons. The molecular formula is C21H23N3O4. The first-order valence-electron chi connectivity index (χ1n) is 9.44. The van der Waals surface area contributed by atoms with Gasteiger partial charge in [-0.15, -0.1) is 0 Å². The Bertz CT molecular complexity index is 1140. The normalized spacial score (nSPS) is 13.9. The van der Waals surface area contributed by atoms with Crippen molar-refractivity contribution in [2.75, 3.05) is 0 Å². The number of pyridine rings is 1. The highest BCUT2D eigenvalue weighted by Gasteiger charge is 2.23. The van der Waals surface area contributed by atoms with Crippen molar-refractivity contribution >= 4 is 16.9 Å². The molecule has 1 saturated carbocycles. The number of benzene rings is 1. The summed E-state index contributed by atoms with van der Waals surface area (Å²) in [4.78, 5) is 26.2. The number of aromatic hydroxyl groups is 1. The summed E-state index contributed by atoms with van der Waals surface area (Å²) in [6.07, 6.45) is 2.86. The Labute approximate surface area is 161 Å². The number of fused-ring (bicyclic) bond motifs is 1. The summed E-state index contributed by atoms with van der Waals surface area (Å²) in [5.74, 6) is -1.90. The van der Waals surface area contributed by atoms with Crippen LogP contribution in [-0.4, -0.2) is 31.8 Å². The van der Waals surface area contributed by atoms with Crippen LogP contribution < -0.4 is 10.9 Å². The van der Waals surface area contributed by atoms with E-state index in [1.54, 1.807) is 0 Å². The summed E-state index contributed by atoms with van der Waals surface area (Å²) < 4.78 is 2.14. The van der Waals surface area contributed by atoms with Gasteiger partial charge < -0.3 is 25.1 Å². The van der Waals surface area contributed by atoms with Gasteiger partial charge in [0.15, 0.2) is 5.56 Å². The molecule has 0 amide bonds. The summed E-state index contributed by atoms with van der Waals surface area (Å²) in [6, 6.07) is 8.56. The molecule has 2 heterocycles. The lowest BCUT2D eigenvalue weighted by atomic mass is 9.99. The van der Waals surface area contributed by atoms with Crippen LogP contribution in [0.5, 0.6) is 5.75 Å². The second kappa shape index (κ2) is 6.83. The molecule has 1 fully saturated rings. The van der Waals surface area contributed by atoms with E-state index in [1.165, 1.54) is 18.5 Å². The van der Waals surface area contributed by atoms with Gasteiger partial charge in [-0.1, -0.05) is 13.0 Å². The molecule has 3 aromatic rings. The summed E-state index contributed by atoms with van der Waals surface area (Å²) in [7, 11) is 2.03. The van der Waals surface area contributed by atoms with Crippen LogP contribution in [0.2, 0.25) is 0 Å². The lowest BCUT2D eigenvalue weighted by molar-refractivity contribution is 0.0691. The highest BCUT2D eigenvalue weighted by Crippen LogP contribution is 2.32. The number of aromatic nitrogens is 2. The van der Waals surface area contributed by atoms with E-state index < -0.39 is 22.8 Å². The quantitative estimate of drug-likeness (QED) is 0.525. The second-order valence-electron chi connectivity index (χ2n) is 7.31. The Balaban J connectivity index is 1.80. The van der Waals surface area contributed by atoms with Gasteiger partial charge in [0, 0.05) is 41.8 Å². The first-order chi connectivity index (χ1) is 13.4. The minimum Gasteiger partial charge on any atom is -0.506 e. The Morgan fingerprint density at radius 2 is 2.07 bits per heavy atom. The van der Waals surface area contributed by atoms with Gasteiger partial charge in [-0.25, -0.2) is 4.79 Å². The van der Waals surface area contributed by atoms with Gasteiger partial charge in [-0.2, -0.15) is 0 Å². The van der Waals surface area contributed by atoms with Crippen LogP contribution in [0.15, 0.2) is 29.1 Å². The van der Waals surface area contributed by atoms with Crippen LogP contribution in [-0.2, 0) is 20.0 Å². The Hall–Kier alpha value is -3.06. The number of nitrogens with zero attached hydrogens (tertiary/aromatic N) is 1. The fourth-order valence-corrected chi connectivity index (χ4v) is 3.69. The molecule has 7 nitrogen and oxygen atoms in total. The molecular weight excluding hydrogens is 358 g/mol. The van der Waals surface area contributed by atoms with Gasteiger partial charge in [-0.05, 0) is 43.0 Å². The monoisotopic (exact) mass is 381 g/mol. The van der Waals surface area contributed by atoms with Crippen molar-refractivity contribution in [1.82, 2.24) is 14.9 Å². The zero-order valence-electron chi connectivity index (χ0n) is 15.9. The van der Waals surface area contributed by atoms with E-state index >= 15 is 0 Å². The summed E-state index contributed by atoms with van der Waals surface area (Å²) in [5.41, 5.74) is 2.44. The van der Waals surface area contributed by atoms with Crippen molar-refractivity contribution in [3.05, 3.63) is 51.4 Å². The Morgan fingerprint density at radius 3 is 2.71 bits per heavy atom. The molecule has 0 saturated heterocycles. The molecule has 0 unspecified atom stereocenters. The molecule has 1 aromatic carbocycles. The van der Waals surface area contributed by atoms with Crippen molar-refractivity contribution < 1.29 is 15.0 Å². The van der Waals surface area contributed by atoms with Crippen molar-refractivity contribution in [2.45, 2.75) is 38.8 Å². The minimum absolute atomic E-state index is 0.390. The number of aromatic carboxylic acids is 1. The first-order valence-corrected chi connectivity index (χ1v) is 9.44. The zero-order valence-corrected chi connectivity index (χ0v) is 15.9. The maximum Gasteiger partial charge on any atom is 0.345 e. The lowest BCUT2D eigenvalue weighted by Crippen LogP contribution is -2.20. The SMILES string of the molecule is CCc1c(-c2ccc3c(c2)cc(CNC2CC2)n3C)[nH]c(=O)c(C(=O)O)c1O. The topological polar surface area (TPSA) is 107 Å². The number of nitrogens with one attached hydrogen (secondary N) is 2. The maximum atomic E-state index is 12.2. The molecule has 7 heteroatoms. The van der Waals surface area contributed by atoms with E-state index in [0.29, 0.717) is 23.7 Å². The van der Waals surface area contributed by atoms with Crippen LogP contribution in [0, 0.1) is 0 Å². The van der Waals surface area contributed by atoms with Gasteiger partial charge in [0.25, 0.3) is 5.56 Å². The van der Waals surface area contributed by atoms with Crippen LogP contribution in [0.4, 0.5) is 0 Å². The fraction of sp³-hybridized carbons (Fsp3) is 0.333. The van der Waals surface area contributed by atoms with Gasteiger partial charge >= 0.3 is 5.97 Å². The molecule has 4 rings (SSSR count). The zero-order chi connectivity index (χ0) is 20.0. The van der Waals surface area contributed by atoms with Gasteiger partial charge in [0.05, 0.1) is 5.69 Å². The molecule has 0 aliphatic heterocycles. The lowest BCUT2D eigenvalue weighted by Gasteiger charge is -2.12. The van der Waals surface area contributed by atoms with E-state index in [4.69, 9.17) is 0 Å². The van der Waals surface area contributed by atoms with Crippen molar-refractivity contribution in [3.63, 3.8) is 0 Å². The first kappa shape index (κ1) is 18.3. The highest BCUT2D eigenvalue weighted by molar-refractivity contribution is 5.92. The van der Waals surface area contributed by atoms with Crippen LogP contribution in [0.25, 0.3) is 22.2 Å². The molecule has 2 aromatic heterocycles. The molecule has 28 heavy (non-hydrogen) atoms. The second-order valence-corrected chi connectivity index (χ2v) is 7.31. The molecule has 1 aliphatic rings. The number of rotatable bonds is 6. The number of H-pyrrole nitrogens is 1. The van der Waals surface area contributed by atoms with Crippen molar-refractivity contribution in [2.24, 2.45) is 7.05 Å². The molecule has 0 spiro atoms. The third-order valence-electron chi connectivity index (χ3n) is 5.44. The van der Waals surface area contributed by atoms with Crippen molar-refractivity contribution in [1.29, 1.82) is 0 Å². The summed E-state index contributed by atoms with van der Waals surface area (Å²) >= 11 is 0. The van der Waals surface area contributed by atoms with E-state index in [0.717, 1.165) is 23.0 Å². The third-order valence-corrected chi connectivity index (χ3v) is 5.44. The number of carboxylic acids is 1. The van der Waals surface area contributed by atoms with Crippen LogP contribution >= 0.6 is 0 Å². The average molecular weight is 381 g/mol. The smallest absolute Gasteiger partial charge is 0.345 e. The maximum absolute atomic E-state index is 12.2. The predicted octanol–water partition coefficient (Wildman–Crippen LogP) is 2.75. The minimum atomic E-state index is -1.44. The average Bonchev–Trinajstić information content (AvgIpc) is 3.43. The molecule has 1 aliphatic carbocycles. The van der Waals surface area contributed by atoms with E-state index in [-0.39, 0.29) is 0 Å². The highest BCUT2D eigenvalue weighted by atomic mass is 16.4. The van der Waals surface area contributed by atoms with E-state index in [1.807, 2.05) is 32.2 Å². The Morgan fingerprint density at radius 1 is 1.32 bits per heavy atom. The standard InChI is InChI=1S/C21H23N3O4/c1-3-15-18(23-20(26)17(19(15)25)21(27)28)11-4-7-16-12(8-11)9-14(24(16)2)10-22-13-5-6-13/h4,7-9,13,22H,3,5-6,10H2,1-2H3,(H,27,28)(H2,23,25,26). The van der Waals surface area contributed by atoms with Crippen LogP contribution in [0.1, 0.15) is 41.4 Å². The summed E-state index contributed by atoms with van der Waals surface area (Å²) in [5, 5.41) is 24.1. The predicted molar refractivity (Wildman–Crippen MR) is 107 cm³/mol. The third kappa shape index (κ3) is 3.07. The number of hydrogen-bond donors (Lipinski definition) is 4. The molecule has 146 valence electrons. The Kier molecular flexibility index (Phi) is 4.47. The molecule has 0 atom stereocenters. The van der Waals surface area contributed by atoms with E-state index in [2.05, 4.69) is 20.9 Å². The van der Waals surface area contributed by atoms with Gasteiger partial charge in [0.1, 0.15) is 5.75 Å². The van der Waals surface area contributed by atoms with E-state index in [9.17, 15) is 19.8 Å². The molecule has 4 N–H and O–H groups in total. The van der Waals surface area contributed by atoms with Gasteiger partial charge in [0.2, 0.25) is 0 Å². The number of aryl methyl sites for hydroxylation is 1. The van der Waals surface area contributed by atoms with Gasteiger partial charge in [-0.3, -0.25) is 4.79 Å². The van der Waals surface area contributed by atoms with Crippen LogP contribution in [0.3, 0.4) is 0 Å². The number of carboxylic acid groups (broad SMARTS) is 1. The number of carbonyl (C=O) groups is 1. The van der Waals surface area contributed by atoms with Crippen molar-refractivity contribution in [3.8, 4) is 17.0 Å².